The van der Waals surface area contributed by atoms with Gasteiger partial charge in [0, 0.05) is 18.8 Å². The van der Waals surface area contributed by atoms with Crippen molar-refractivity contribution in [1.29, 1.82) is 0 Å². The van der Waals surface area contributed by atoms with E-state index in [4.69, 9.17) is 14.2 Å². The average molecular weight is 497 g/mol. The molecular formula is C25H24N2O7S. The highest BCUT2D eigenvalue weighted by molar-refractivity contribution is 7.93. The molecule has 0 aliphatic carbocycles. The van der Waals surface area contributed by atoms with Crippen molar-refractivity contribution in [3.05, 3.63) is 77.6 Å². The second-order valence-corrected chi connectivity index (χ2v) is 9.49. The number of ether oxygens (including phenoxy) is 3. The number of sulfonamides is 1. The number of benzene rings is 2. The molecule has 3 aromatic rings. The van der Waals surface area contributed by atoms with Crippen molar-refractivity contribution < 1.29 is 32.2 Å². The zero-order valence-electron chi connectivity index (χ0n) is 19.2. The molecule has 0 fully saturated rings. The minimum atomic E-state index is -4.00. The van der Waals surface area contributed by atoms with Crippen LogP contribution in [0.3, 0.4) is 0 Å². The molecule has 2 aromatic carbocycles. The quantitative estimate of drug-likeness (QED) is 0.275. The van der Waals surface area contributed by atoms with Gasteiger partial charge in [-0.2, -0.15) is 0 Å². The standard InChI is InChI=1S/C25H24N2O7S/c1-32-22-14-17(9-10-24(29)34-16-21(28)19-7-5-12-26-19)15-23(25(22)33-2)35(30,31)27-13-11-18-6-3-4-8-20(18)27/h3-10,12,14-15,26H,11,13,16H2,1-2H3. The number of aromatic nitrogens is 1. The summed E-state index contributed by atoms with van der Waals surface area (Å²) in [5, 5.41) is 0. The molecule has 35 heavy (non-hydrogen) atoms. The van der Waals surface area contributed by atoms with Gasteiger partial charge in [0.2, 0.25) is 5.78 Å². The molecule has 1 aliphatic heterocycles. The zero-order valence-corrected chi connectivity index (χ0v) is 20.0. The minimum absolute atomic E-state index is 0.0631. The second-order valence-electron chi connectivity index (χ2n) is 7.66. The Bertz CT molecular complexity index is 1380. The number of carbonyl (C=O) groups excluding carboxylic acids is 2. The smallest absolute Gasteiger partial charge is 0.331 e. The number of nitrogens with zero attached hydrogens (tertiary/aromatic N) is 1. The van der Waals surface area contributed by atoms with E-state index in [0.717, 1.165) is 11.6 Å². The second kappa shape index (κ2) is 10.1. The third-order valence-electron chi connectivity index (χ3n) is 5.54. The van der Waals surface area contributed by atoms with Gasteiger partial charge in [0.1, 0.15) is 4.90 Å². The topological polar surface area (TPSA) is 115 Å². The summed E-state index contributed by atoms with van der Waals surface area (Å²) in [6.07, 6.45) is 4.70. The zero-order chi connectivity index (χ0) is 25.0. The highest BCUT2D eigenvalue weighted by Crippen LogP contribution is 2.40. The number of hydrogen-bond acceptors (Lipinski definition) is 7. The number of ketones is 1. The fraction of sp³-hybridized carbons (Fsp3) is 0.200. The van der Waals surface area contributed by atoms with E-state index in [1.165, 1.54) is 30.7 Å². The molecule has 9 nitrogen and oxygen atoms in total. The Morgan fingerprint density at radius 2 is 1.89 bits per heavy atom. The number of nitrogens with one attached hydrogen (secondary N) is 1. The van der Waals surface area contributed by atoms with Crippen LogP contribution in [0, 0.1) is 0 Å². The van der Waals surface area contributed by atoms with Crippen LogP contribution in [0.1, 0.15) is 21.6 Å². The van der Waals surface area contributed by atoms with E-state index in [1.807, 2.05) is 12.1 Å². The monoisotopic (exact) mass is 496 g/mol. The Labute approximate surface area is 203 Å². The fourth-order valence-electron chi connectivity index (χ4n) is 3.84. The van der Waals surface area contributed by atoms with Crippen LogP contribution in [0.4, 0.5) is 5.69 Å². The number of rotatable bonds is 9. The van der Waals surface area contributed by atoms with Gasteiger partial charge < -0.3 is 19.2 Å². The van der Waals surface area contributed by atoms with E-state index >= 15 is 0 Å². The van der Waals surface area contributed by atoms with Crippen LogP contribution in [0.15, 0.2) is 65.7 Å². The summed E-state index contributed by atoms with van der Waals surface area (Å²) >= 11 is 0. The van der Waals surface area contributed by atoms with E-state index in [2.05, 4.69) is 4.98 Å². The molecule has 0 bridgehead atoms. The molecule has 182 valence electrons. The van der Waals surface area contributed by atoms with Crippen LogP contribution in [0.25, 0.3) is 6.08 Å². The van der Waals surface area contributed by atoms with Crippen LogP contribution in [-0.4, -0.2) is 52.5 Å². The normalized spacial score (nSPS) is 13.0. The lowest BCUT2D eigenvalue weighted by Gasteiger charge is -2.22. The predicted octanol–water partition coefficient (Wildman–Crippen LogP) is 3.22. The number of carbonyl (C=O) groups is 2. The van der Waals surface area contributed by atoms with Crippen LogP contribution in [0.5, 0.6) is 11.5 Å². The van der Waals surface area contributed by atoms with Gasteiger partial charge in [-0.05, 0) is 54.0 Å². The SMILES string of the molecule is COc1cc(C=CC(=O)OCC(=O)c2ccc[nH]2)cc(S(=O)(=O)N2CCc3ccccc32)c1OC. The Kier molecular flexibility index (Phi) is 6.92. The molecular weight excluding hydrogens is 472 g/mol. The molecule has 0 saturated carbocycles. The lowest BCUT2D eigenvalue weighted by atomic mass is 10.2. The number of Topliss-reactive ketones (excluding diaryl/α,β-unsaturated/α-hetero) is 1. The molecule has 10 heteroatoms. The first-order chi connectivity index (χ1) is 16.8. The molecule has 0 amide bonds. The van der Waals surface area contributed by atoms with Crippen molar-refractivity contribution in [1.82, 2.24) is 4.98 Å². The molecule has 2 heterocycles. The number of methoxy groups -OCH3 is 2. The summed E-state index contributed by atoms with van der Waals surface area (Å²) in [5.74, 6) is -0.871. The van der Waals surface area contributed by atoms with Crippen molar-refractivity contribution in [2.45, 2.75) is 11.3 Å². The lowest BCUT2D eigenvalue weighted by Crippen LogP contribution is -2.29. The first-order valence-electron chi connectivity index (χ1n) is 10.7. The Morgan fingerprint density at radius 1 is 1.09 bits per heavy atom. The van der Waals surface area contributed by atoms with Gasteiger partial charge >= 0.3 is 5.97 Å². The number of aromatic amines is 1. The number of anilines is 1. The van der Waals surface area contributed by atoms with E-state index < -0.39 is 22.6 Å². The van der Waals surface area contributed by atoms with Crippen molar-refractivity contribution >= 4 is 33.5 Å². The number of H-pyrrole nitrogens is 1. The number of esters is 1. The van der Waals surface area contributed by atoms with Crippen LogP contribution < -0.4 is 13.8 Å². The minimum Gasteiger partial charge on any atom is -0.493 e. The van der Waals surface area contributed by atoms with Crippen LogP contribution >= 0.6 is 0 Å². The maximum atomic E-state index is 13.7. The molecule has 0 radical (unpaired) electrons. The lowest BCUT2D eigenvalue weighted by molar-refractivity contribution is -0.136. The maximum absolute atomic E-state index is 13.7. The van der Waals surface area contributed by atoms with Gasteiger partial charge in [-0.1, -0.05) is 18.2 Å². The van der Waals surface area contributed by atoms with E-state index in [1.54, 1.807) is 36.5 Å². The van der Waals surface area contributed by atoms with Gasteiger partial charge in [0.05, 0.1) is 25.6 Å². The number of hydrogen-bond donors (Lipinski definition) is 1. The molecule has 1 aromatic heterocycles. The first-order valence-corrected chi connectivity index (χ1v) is 12.2. The van der Waals surface area contributed by atoms with Crippen LogP contribution in [0.2, 0.25) is 0 Å². The summed E-state index contributed by atoms with van der Waals surface area (Å²) in [6.45, 7) is -0.127. The van der Waals surface area contributed by atoms with Crippen molar-refractivity contribution in [2.24, 2.45) is 0 Å². The molecule has 0 atom stereocenters. The summed E-state index contributed by atoms with van der Waals surface area (Å²) in [5.41, 5.74) is 2.26. The third-order valence-corrected chi connectivity index (χ3v) is 7.35. The summed E-state index contributed by atoms with van der Waals surface area (Å²) < 4.78 is 44.4. The van der Waals surface area contributed by atoms with Crippen LogP contribution in [-0.2, 0) is 26.0 Å². The van der Waals surface area contributed by atoms with Crippen molar-refractivity contribution in [2.75, 3.05) is 31.7 Å². The number of fused-ring (bicyclic) bond motifs is 1. The molecule has 0 unspecified atom stereocenters. The summed E-state index contributed by atoms with van der Waals surface area (Å²) in [6, 6.07) is 13.5. The third kappa shape index (κ3) is 4.92. The van der Waals surface area contributed by atoms with Gasteiger partial charge in [-0.3, -0.25) is 9.10 Å². The summed E-state index contributed by atoms with van der Waals surface area (Å²) in [4.78, 5) is 26.8. The highest BCUT2D eigenvalue weighted by atomic mass is 32.2. The Hall–Kier alpha value is -4.05. The van der Waals surface area contributed by atoms with Gasteiger partial charge in [-0.15, -0.1) is 0 Å². The molecule has 1 aliphatic rings. The van der Waals surface area contributed by atoms with Gasteiger partial charge in [0.25, 0.3) is 10.0 Å². The average Bonchev–Trinajstić information content (AvgIpc) is 3.56. The first kappa shape index (κ1) is 24.1. The van der Waals surface area contributed by atoms with Gasteiger partial charge in [-0.25, -0.2) is 13.2 Å². The van der Waals surface area contributed by atoms with Crippen molar-refractivity contribution in [3.8, 4) is 11.5 Å². The van der Waals surface area contributed by atoms with E-state index in [9.17, 15) is 18.0 Å². The Morgan fingerprint density at radius 3 is 2.60 bits per heavy atom. The Balaban J connectivity index is 1.60. The number of para-hydroxylation sites is 1. The fourth-order valence-corrected chi connectivity index (χ4v) is 5.55. The van der Waals surface area contributed by atoms with Crippen molar-refractivity contribution in [3.63, 3.8) is 0 Å². The molecule has 0 saturated heterocycles. The predicted molar refractivity (Wildman–Crippen MR) is 129 cm³/mol. The largest absolute Gasteiger partial charge is 0.493 e. The molecule has 0 spiro atoms. The van der Waals surface area contributed by atoms with E-state index in [-0.39, 0.29) is 22.2 Å². The maximum Gasteiger partial charge on any atom is 0.331 e. The van der Waals surface area contributed by atoms with E-state index in [0.29, 0.717) is 29.9 Å². The summed E-state index contributed by atoms with van der Waals surface area (Å²) in [7, 11) is -1.24. The highest BCUT2D eigenvalue weighted by Gasteiger charge is 2.34. The molecule has 4 rings (SSSR count). The van der Waals surface area contributed by atoms with Gasteiger partial charge in [0.15, 0.2) is 18.1 Å². The molecule has 1 N–H and O–H groups in total.